The second kappa shape index (κ2) is 13.9. The van der Waals surface area contributed by atoms with Gasteiger partial charge in [0.15, 0.2) is 0 Å². The Morgan fingerprint density at radius 3 is 2.39 bits per heavy atom. The summed E-state index contributed by atoms with van der Waals surface area (Å²) in [6.45, 7) is 0.648. The number of aromatic nitrogens is 1. The van der Waals surface area contributed by atoms with E-state index in [1.54, 1.807) is 18.2 Å². The average molecular weight is 431 g/mol. The van der Waals surface area contributed by atoms with Crippen molar-refractivity contribution < 1.29 is 14.0 Å². The summed E-state index contributed by atoms with van der Waals surface area (Å²) < 4.78 is 13.6. The van der Waals surface area contributed by atoms with Gasteiger partial charge in [0.1, 0.15) is 11.5 Å². The van der Waals surface area contributed by atoms with E-state index in [9.17, 15) is 14.0 Å². The Kier molecular flexibility index (Phi) is 12.8. The van der Waals surface area contributed by atoms with E-state index in [0.717, 1.165) is 25.7 Å². The van der Waals surface area contributed by atoms with Gasteiger partial charge in [-0.3, -0.25) is 14.6 Å². The fraction of sp³-hybridized carbons (Fsp3) is 0.316. The van der Waals surface area contributed by atoms with Gasteiger partial charge in [-0.25, -0.2) is 4.39 Å². The van der Waals surface area contributed by atoms with E-state index in [-0.39, 0.29) is 42.1 Å². The maximum absolute atomic E-state index is 13.6. The highest BCUT2D eigenvalue weighted by atomic mass is 35.5. The fourth-order valence-electron chi connectivity index (χ4n) is 2.41. The average Bonchev–Trinajstić information content (AvgIpc) is 2.64. The number of halogens is 3. The molecule has 0 saturated heterocycles. The van der Waals surface area contributed by atoms with Crippen molar-refractivity contribution in [3.63, 3.8) is 0 Å². The van der Waals surface area contributed by atoms with E-state index >= 15 is 0 Å². The lowest BCUT2D eigenvalue weighted by molar-refractivity contribution is -0.116. The Balaban J connectivity index is 0.00000364. The molecular weight excluding hydrogens is 406 g/mol. The van der Waals surface area contributed by atoms with Gasteiger partial charge < -0.3 is 16.4 Å². The van der Waals surface area contributed by atoms with E-state index in [4.69, 9.17) is 5.73 Å². The predicted molar refractivity (Wildman–Crippen MR) is 114 cm³/mol. The number of hydrogen-bond donors (Lipinski definition) is 3. The van der Waals surface area contributed by atoms with Gasteiger partial charge in [0.05, 0.1) is 11.4 Å². The molecule has 1 heterocycles. The van der Waals surface area contributed by atoms with Gasteiger partial charge in [-0.15, -0.1) is 24.8 Å². The summed E-state index contributed by atoms with van der Waals surface area (Å²) in [5.41, 5.74) is 6.20. The van der Waals surface area contributed by atoms with Crippen molar-refractivity contribution in [2.24, 2.45) is 5.73 Å². The maximum atomic E-state index is 13.6. The molecule has 0 aliphatic heterocycles. The van der Waals surface area contributed by atoms with Gasteiger partial charge in [-0.2, -0.15) is 0 Å². The highest BCUT2D eigenvalue weighted by molar-refractivity contribution is 6.06. The molecule has 4 N–H and O–H groups in total. The molecule has 0 fully saturated rings. The Labute approximate surface area is 176 Å². The SMILES string of the molecule is Cl.Cl.NCCCCCCC(=O)Nc1cc(F)ccc1NC(=O)c1ccccn1. The topological polar surface area (TPSA) is 97.1 Å². The zero-order valence-corrected chi connectivity index (χ0v) is 17.0. The number of amides is 2. The molecule has 2 aromatic rings. The fourth-order valence-corrected chi connectivity index (χ4v) is 2.41. The number of carbonyl (C=O) groups is 2. The number of nitrogens with two attached hydrogens (primary N) is 1. The molecule has 154 valence electrons. The van der Waals surface area contributed by atoms with E-state index in [0.29, 0.717) is 18.7 Å². The van der Waals surface area contributed by atoms with Crippen LogP contribution in [0.15, 0.2) is 42.6 Å². The van der Waals surface area contributed by atoms with Crippen molar-refractivity contribution in [2.75, 3.05) is 17.2 Å². The Morgan fingerprint density at radius 2 is 1.71 bits per heavy atom. The largest absolute Gasteiger partial charge is 0.330 e. The second-order valence-electron chi connectivity index (χ2n) is 5.86. The first-order chi connectivity index (χ1) is 12.6. The molecule has 0 aliphatic rings. The third-order valence-electron chi connectivity index (χ3n) is 3.76. The van der Waals surface area contributed by atoms with Gasteiger partial charge in [0, 0.05) is 12.6 Å². The van der Waals surface area contributed by atoms with Crippen LogP contribution in [0.25, 0.3) is 0 Å². The summed E-state index contributed by atoms with van der Waals surface area (Å²) in [4.78, 5) is 28.3. The molecule has 1 aromatic heterocycles. The standard InChI is InChI=1S/C19H23FN4O2.2ClH/c20-14-9-10-15(24-19(26)16-7-4-6-12-22-16)17(13-14)23-18(25)8-3-1-2-5-11-21;;/h4,6-7,9-10,12-13H,1-3,5,8,11,21H2,(H,23,25)(H,24,26);2*1H. The molecule has 2 amide bonds. The summed E-state index contributed by atoms with van der Waals surface area (Å²) in [5, 5.41) is 5.31. The molecule has 0 radical (unpaired) electrons. The zero-order chi connectivity index (χ0) is 18.8. The number of benzene rings is 1. The summed E-state index contributed by atoms with van der Waals surface area (Å²) >= 11 is 0. The first kappa shape index (κ1) is 25.8. The molecule has 2 rings (SSSR count). The van der Waals surface area contributed by atoms with Gasteiger partial charge >= 0.3 is 0 Å². The van der Waals surface area contributed by atoms with Crippen molar-refractivity contribution in [3.8, 4) is 0 Å². The Morgan fingerprint density at radius 1 is 0.964 bits per heavy atom. The maximum Gasteiger partial charge on any atom is 0.274 e. The van der Waals surface area contributed by atoms with Crippen molar-refractivity contribution in [1.29, 1.82) is 0 Å². The normalized spacial score (nSPS) is 9.64. The van der Waals surface area contributed by atoms with Crippen LogP contribution in [0.4, 0.5) is 15.8 Å². The molecule has 0 aliphatic carbocycles. The number of rotatable bonds is 9. The van der Waals surface area contributed by atoms with E-state index < -0.39 is 11.7 Å². The van der Waals surface area contributed by atoms with Crippen LogP contribution in [0.1, 0.15) is 42.6 Å². The van der Waals surface area contributed by atoms with Gasteiger partial charge in [0.2, 0.25) is 5.91 Å². The molecule has 0 saturated carbocycles. The Hall–Kier alpha value is -2.22. The number of nitrogens with one attached hydrogen (secondary N) is 2. The number of pyridine rings is 1. The van der Waals surface area contributed by atoms with Crippen LogP contribution in [0, 0.1) is 5.82 Å². The highest BCUT2D eigenvalue weighted by Gasteiger charge is 2.13. The summed E-state index contributed by atoms with van der Waals surface area (Å²) in [7, 11) is 0. The number of unbranched alkanes of at least 4 members (excludes halogenated alkanes) is 3. The summed E-state index contributed by atoms with van der Waals surface area (Å²) in [5.74, 6) is -1.16. The van der Waals surface area contributed by atoms with Crippen LogP contribution in [-0.2, 0) is 4.79 Å². The highest BCUT2D eigenvalue weighted by Crippen LogP contribution is 2.24. The molecule has 9 heteroatoms. The molecule has 0 bridgehead atoms. The molecule has 0 unspecified atom stereocenters. The van der Waals surface area contributed by atoms with Crippen LogP contribution in [0.3, 0.4) is 0 Å². The van der Waals surface area contributed by atoms with E-state index in [1.165, 1.54) is 24.4 Å². The van der Waals surface area contributed by atoms with Crippen molar-refractivity contribution in [2.45, 2.75) is 32.1 Å². The summed E-state index contributed by atoms with van der Waals surface area (Å²) in [6.07, 6.45) is 5.40. The predicted octanol–water partition coefficient (Wildman–Crippen LogP) is 4.16. The zero-order valence-electron chi connectivity index (χ0n) is 15.3. The van der Waals surface area contributed by atoms with Gasteiger partial charge in [-0.1, -0.05) is 18.9 Å². The Bertz CT molecular complexity index is 748. The van der Waals surface area contributed by atoms with E-state index in [1.807, 2.05) is 0 Å². The van der Waals surface area contributed by atoms with Crippen molar-refractivity contribution in [3.05, 3.63) is 54.1 Å². The minimum Gasteiger partial charge on any atom is -0.330 e. The third kappa shape index (κ3) is 8.65. The van der Waals surface area contributed by atoms with Crippen LogP contribution < -0.4 is 16.4 Å². The lowest BCUT2D eigenvalue weighted by Crippen LogP contribution is -2.17. The van der Waals surface area contributed by atoms with Gasteiger partial charge in [-0.05, 0) is 49.7 Å². The first-order valence-corrected chi connectivity index (χ1v) is 8.62. The van der Waals surface area contributed by atoms with Crippen LogP contribution in [-0.4, -0.2) is 23.3 Å². The molecule has 1 aromatic carbocycles. The van der Waals surface area contributed by atoms with Crippen LogP contribution in [0.2, 0.25) is 0 Å². The first-order valence-electron chi connectivity index (χ1n) is 8.62. The molecular formula is C19H25Cl2FN4O2. The smallest absolute Gasteiger partial charge is 0.274 e. The van der Waals surface area contributed by atoms with Crippen LogP contribution in [0.5, 0.6) is 0 Å². The molecule has 0 atom stereocenters. The number of nitrogens with zero attached hydrogens (tertiary/aromatic N) is 1. The molecule has 6 nitrogen and oxygen atoms in total. The van der Waals surface area contributed by atoms with Gasteiger partial charge in [0.25, 0.3) is 5.91 Å². The minimum absolute atomic E-state index is 0. The molecule has 28 heavy (non-hydrogen) atoms. The lowest BCUT2D eigenvalue weighted by atomic mass is 10.1. The van der Waals surface area contributed by atoms with Crippen molar-refractivity contribution >= 4 is 48.0 Å². The van der Waals surface area contributed by atoms with E-state index in [2.05, 4.69) is 15.6 Å². The summed E-state index contributed by atoms with van der Waals surface area (Å²) in [6, 6.07) is 8.77. The van der Waals surface area contributed by atoms with Crippen molar-refractivity contribution in [1.82, 2.24) is 4.98 Å². The quantitative estimate of drug-likeness (QED) is 0.520. The minimum atomic E-state index is -0.501. The van der Waals surface area contributed by atoms with Crippen LogP contribution >= 0.6 is 24.8 Å². The third-order valence-corrected chi connectivity index (χ3v) is 3.76. The molecule has 0 spiro atoms. The lowest BCUT2D eigenvalue weighted by Gasteiger charge is -2.12. The number of anilines is 2. The number of carbonyl (C=O) groups excluding carboxylic acids is 2. The second-order valence-corrected chi connectivity index (χ2v) is 5.86. The number of hydrogen-bond acceptors (Lipinski definition) is 4. The monoisotopic (exact) mass is 430 g/mol.